The SMILES string of the molecule is CC1(C)c2ccc(N(c3ccccc3)c3cccc(C4(c5ccccc5)c5ccccc5-c5ccccc54)c3)cc2-c2c(-c3ccccc3)cccc21. The zero-order valence-electron chi connectivity index (χ0n) is 30.0. The average Bonchev–Trinajstić information content (AvgIpc) is 3.65. The highest BCUT2D eigenvalue weighted by molar-refractivity contribution is 5.95. The minimum Gasteiger partial charge on any atom is -0.310 e. The van der Waals surface area contributed by atoms with E-state index in [0.29, 0.717) is 0 Å². The molecule has 10 rings (SSSR count). The first-order chi connectivity index (χ1) is 26.1. The van der Waals surface area contributed by atoms with Crippen LogP contribution in [0.25, 0.3) is 33.4 Å². The van der Waals surface area contributed by atoms with Gasteiger partial charge < -0.3 is 4.90 Å². The van der Waals surface area contributed by atoms with Gasteiger partial charge >= 0.3 is 0 Å². The Kier molecular flexibility index (Phi) is 7.13. The molecule has 8 aromatic rings. The molecule has 0 aromatic heterocycles. The van der Waals surface area contributed by atoms with E-state index in [-0.39, 0.29) is 5.41 Å². The molecule has 0 saturated carbocycles. The van der Waals surface area contributed by atoms with Gasteiger partial charge in [-0.15, -0.1) is 0 Å². The van der Waals surface area contributed by atoms with Gasteiger partial charge in [-0.1, -0.05) is 178 Å². The number of rotatable bonds is 6. The molecule has 0 radical (unpaired) electrons. The molecule has 1 heteroatoms. The van der Waals surface area contributed by atoms with Crippen molar-refractivity contribution in [3.63, 3.8) is 0 Å². The van der Waals surface area contributed by atoms with Gasteiger partial charge in [0, 0.05) is 22.5 Å². The number of fused-ring (bicyclic) bond motifs is 6. The zero-order valence-corrected chi connectivity index (χ0v) is 30.0. The van der Waals surface area contributed by atoms with Gasteiger partial charge in [-0.2, -0.15) is 0 Å². The Bertz CT molecular complexity index is 2590. The lowest BCUT2D eigenvalue weighted by atomic mass is 9.67. The molecule has 0 fully saturated rings. The van der Waals surface area contributed by atoms with Crippen molar-refractivity contribution < 1.29 is 0 Å². The number of hydrogen-bond acceptors (Lipinski definition) is 1. The van der Waals surface area contributed by atoms with Crippen molar-refractivity contribution in [3.8, 4) is 33.4 Å². The minimum absolute atomic E-state index is 0.114. The normalized spacial score (nSPS) is 14.2. The third-order valence-electron chi connectivity index (χ3n) is 11.7. The molecular weight excluding hydrogens is 639 g/mol. The van der Waals surface area contributed by atoms with Crippen molar-refractivity contribution in [1.82, 2.24) is 0 Å². The van der Waals surface area contributed by atoms with Gasteiger partial charge in [0.25, 0.3) is 0 Å². The first-order valence-electron chi connectivity index (χ1n) is 18.6. The van der Waals surface area contributed by atoms with Crippen LogP contribution in [0.15, 0.2) is 200 Å². The maximum absolute atomic E-state index is 2.44. The third kappa shape index (κ3) is 4.64. The number of nitrogens with zero attached hydrogens (tertiary/aromatic N) is 1. The summed E-state index contributed by atoms with van der Waals surface area (Å²) >= 11 is 0. The second kappa shape index (κ2) is 12.1. The van der Waals surface area contributed by atoms with Crippen LogP contribution in [0.4, 0.5) is 17.1 Å². The molecule has 53 heavy (non-hydrogen) atoms. The number of hydrogen-bond donors (Lipinski definition) is 0. The van der Waals surface area contributed by atoms with E-state index in [1.54, 1.807) is 0 Å². The van der Waals surface area contributed by atoms with E-state index in [0.717, 1.165) is 17.1 Å². The fraction of sp³-hybridized carbons (Fsp3) is 0.0769. The summed E-state index contributed by atoms with van der Waals surface area (Å²) in [5.41, 5.74) is 18.5. The monoisotopic (exact) mass is 677 g/mol. The first-order valence-corrected chi connectivity index (χ1v) is 18.6. The Morgan fingerprint density at radius 2 is 0.849 bits per heavy atom. The van der Waals surface area contributed by atoms with Crippen LogP contribution < -0.4 is 4.90 Å². The highest BCUT2D eigenvalue weighted by atomic mass is 15.1. The maximum Gasteiger partial charge on any atom is 0.0714 e. The van der Waals surface area contributed by atoms with E-state index >= 15 is 0 Å². The molecule has 2 aliphatic carbocycles. The van der Waals surface area contributed by atoms with Crippen molar-refractivity contribution in [1.29, 1.82) is 0 Å². The highest BCUT2D eigenvalue weighted by Crippen LogP contribution is 2.57. The van der Waals surface area contributed by atoms with Crippen LogP contribution in [0, 0.1) is 0 Å². The zero-order chi connectivity index (χ0) is 35.6. The van der Waals surface area contributed by atoms with Crippen molar-refractivity contribution in [2.75, 3.05) is 4.90 Å². The molecule has 0 bridgehead atoms. The standard InChI is InChI=1S/C52H39N/c1-51(2)46-33-32-41(35-45(46)50-42(28-17-31-49(50)51)36-18-6-3-7-19-36)53(39-23-10-5-11-24-39)40-25-16-22-38(34-40)52(37-20-8-4-9-21-37)47-29-14-12-26-43(47)44-27-13-15-30-48(44)52/h3-35H,1-2H3. The summed E-state index contributed by atoms with van der Waals surface area (Å²) in [6.07, 6.45) is 0. The Balaban J connectivity index is 1.21. The predicted octanol–water partition coefficient (Wildman–Crippen LogP) is 13.5. The van der Waals surface area contributed by atoms with Crippen LogP contribution in [0.1, 0.15) is 47.2 Å². The Hall–Kier alpha value is -6.44. The van der Waals surface area contributed by atoms with Crippen LogP contribution in [0.3, 0.4) is 0 Å². The lowest BCUT2D eigenvalue weighted by molar-refractivity contribution is 0.660. The smallest absolute Gasteiger partial charge is 0.0714 e. The molecule has 8 aromatic carbocycles. The van der Waals surface area contributed by atoms with E-state index in [4.69, 9.17) is 0 Å². The van der Waals surface area contributed by atoms with Crippen molar-refractivity contribution in [3.05, 3.63) is 234 Å². The topological polar surface area (TPSA) is 3.24 Å². The van der Waals surface area contributed by atoms with Crippen LogP contribution in [-0.2, 0) is 10.8 Å². The number of benzene rings is 8. The van der Waals surface area contributed by atoms with Crippen molar-refractivity contribution in [2.24, 2.45) is 0 Å². The van der Waals surface area contributed by atoms with E-state index in [1.807, 2.05) is 0 Å². The van der Waals surface area contributed by atoms with E-state index < -0.39 is 5.41 Å². The second-order valence-corrected chi connectivity index (χ2v) is 14.9. The fourth-order valence-electron chi connectivity index (χ4n) is 9.40. The summed E-state index contributed by atoms with van der Waals surface area (Å²) in [5.74, 6) is 0. The predicted molar refractivity (Wildman–Crippen MR) is 221 cm³/mol. The van der Waals surface area contributed by atoms with Gasteiger partial charge in [0.1, 0.15) is 0 Å². The first kappa shape index (κ1) is 31.3. The van der Waals surface area contributed by atoms with Crippen LogP contribution in [0.5, 0.6) is 0 Å². The highest BCUT2D eigenvalue weighted by Gasteiger charge is 2.46. The summed E-state index contributed by atoms with van der Waals surface area (Å²) in [6, 6.07) is 73.9. The molecule has 2 aliphatic rings. The van der Waals surface area contributed by atoms with Gasteiger partial charge in [-0.25, -0.2) is 0 Å². The summed E-state index contributed by atoms with van der Waals surface area (Å²) in [5, 5.41) is 0. The summed E-state index contributed by atoms with van der Waals surface area (Å²) in [7, 11) is 0. The molecule has 0 spiro atoms. The van der Waals surface area contributed by atoms with Crippen LogP contribution in [-0.4, -0.2) is 0 Å². The Morgan fingerprint density at radius 1 is 0.340 bits per heavy atom. The summed E-state index contributed by atoms with van der Waals surface area (Å²) < 4.78 is 0. The largest absolute Gasteiger partial charge is 0.310 e. The molecule has 252 valence electrons. The van der Waals surface area contributed by atoms with Gasteiger partial charge in [0.2, 0.25) is 0 Å². The molecule has 0 aliphatic heterocycles. The molecule has 0 unspecified atom stereocenters. The Labute approximate surface area is 312 Å². The van der Waals surface area contributed by atoms with Crippen LogP contribution >= 0.6 is 0 Å². The molecule has 0 heterocycles. The molecule has 0 saturated heterocycles. The third-order valence-corrected chi connectivity index (χ3v) is 11.7. The molecule has 0 atom stereocenters. The fourth-order valence-corrected chi connectivity index (χ4v) is 9.40. The van der Waals surface area contributed by atoms with Gasteiger partial charge in [0.05, 0.1) is 5.41 Å². The van der Waals surface area contributed by atoms with Crippen LogP contribution in [0.2, 0.25) is 0 Å². The minimum atomic E-state index is -0.474. The summed E-state index contributed by atoms with van der Waals surface area (Å²) in [4.78, 5) is 2.44. The average molecular weight is 678 g/mol. The van der Waals surface area contributed by atoms with E-state index in [1.165, 1.54) is 66.8 Å². The maximum atomic E-state index is 2.44. The summed E-state index contributed by atoms with van der Waals surface area (Å²) in [6.45, 7) is 4.73. The number of anilines is 3. The van der Waals surface area contributed by atoms with Crippen molar-refractivity contribution in [2.45, 2.75) is 24.7 Å². The molecule has 1 nitrogen and oxygen atoms in total. The Morgan fingerprint density at radius 3 is 1.55 bits per heavy atom. The molecule has 0 N–H and O–H groups in total. The molecule has 0 amide bonds. The van der Waals surface area contributed by atoms with Gasteiger partial charge in [-0.05, 0) is 103 Å². The lowest BCUT2D eigenvalue weighted by Crippen LogP contribution is -2.28. The lowest BCUT2D eigenvalue weighted by Gasteiger charge is -2.35. The van der Waals surface area contributed by atoms with E-state index in [2.05, 4.69) is 219 Å². The van der Waals surface area contributed by atoms with Crippen molar-refractivity contribution >= 4 is 17.1 Å². The molecular formula is C52H39N. The van der Waals surface area contributed by atoms with Gasteiger partial charge in [-0.3, -0.25) is 0 Å². The van der Waals surface area contributed by atoms with Gasteiger partial charge in [0.15, 0.2) is 0 Å². The second-order valence-electron chi connectivity index (χ2n) is 14.9. The quantitative estimate of drug-likeness (QED) is 0.169. The van der Waals surface area contributed by atoms with E-state index in [9.17, 15) is 0 Å². The number of para-hydroxylation sites is 1.